The van der Waals surface area contributed by atoms with Gasteiger partial charge in [0.2, 0.25) is 17.7 Å². The molecule has 1 N–H and O–H groups in total. The first-order valence-corrected chi connectivity index (χ1v) is 14.0. The molecule has 6 rings (SSSR count). The van der Waals surface area contributed by atoms with Gasteiger partial charge in [0.1, 0.15) is 17.6 Å². The van der Waals surface area contributed by atoms with E-state index in [-0.39, 0.29) is 17.3 Å². The smallest absolute Gasteiger partial charge is 0.308 e. The molecular weight excluding hydrogens is 537 g/mol. The number of anilines is 2. The molecule has 7 nitrogen and oxygen atoms in total. The van der Waals surface area contributed by atoms with E-state index in [1.165, 1.54) is 28.8 Å². The molecule has 196 valence electrons. The minimum absolute atomic E-state index is 0.228. The first-order valence-electron chi connectivity index (χ1n) is 12.3. The summed E-state index contributed by atoms with van der Waals surface area (Å²) in [4.78, 5) is 55.0. The van der Waals surface area contributed by atoms with Gasteiger partial charge in [-0.3, -0.25) is 23.7 Å². The van der Waals surface area contributed by atoms with Crippen molar-refractivity contribution in [1.82, 2.24) is 4.57 Å². The minimum Gasteiger partial charge on any atom is -0.325 e. The Labute approximate surface area is 231 Å². The SMILES string of the molecule is Cc1ccc(NC(=O)Cn2c3c(sc2=O)[C@H](c2ccccc2)C2C(=O)N(c4ccc(F)cc4)C(=O)C2S3)cc1. The fourth-order valence-electron chi connectivity index (χ4n) is 5.10. The Morgan fingerprint density at radius 1 is 0.923 bits per heavy atom. The second kappa shape index (κ2) is 9.94. The number of amides is 3. The van der Waals surface area contributed by atoms with Crippen molar-refractivity contribution in [2.45, 2.75) is 29.7 Å². The number of hydrogen-bond donors (Lipinski definition) is 1. The molecule has 0 radical (unpaired) electrons. The molecule has 3 amide bonds. The van der Waals surface area contributed by atoms with Gasteiger partial charge in [-0.1, -0.05) is 71.1 Å². The Bertz CT molecular complexity index is 1650. The van der Waals surface area contributed by atoms with Gasteiger partial charge in [0.05, 0.1) is 16.6 Å². The van der Waals surface area contributed by atoms with Gasteiger partial charge in [-0.05, 0) is 48.9 Å². The van der Waals surface area contributed by atoms with Crippen LogP contribution in [0.15, 0.2) is 88.7 Å². The van der Waals surface area contributed by atoms with Crippen LogP contribution in [0.1, 0.15) is 21.9 Å². The summed E-state index contributed by atoms with van der Waals surface area (Å²) in [5, 5.41) is 2.53. The monoisotopic (exact) mass is 559 g/mol. The Hall–Kier alpha value is -4.02. The lowest BCUT2D eigenvalue weighted by Gasteiger charge is -2.30. The lowest BCUT2D eigenvalue weighted by molar-refractivity contribution is -0.122. The maximum absolute atomic E-state index is 13.8. The number of aromatic nitrogens is 1. The van der Waals surface area contributed by atoms with Crippen molar-refractivity contribution in [1.29, 1.82) is 0 Å². The molecule has 2 unspecified atom stereocenters. The summed E-state index contributed by atoms with van der Waals surface area (Å²) in [7, 11) is 0. The fraction of sp³-hybridized carbons (Fsp3) is 0.172. The Morgan fingerprint density at radius 3 is 2.31 bits per heavy atom. The van der Waals surface area contributed by atoms with Crippen LogP contribution < -0.4 is 15.1 Å². The first-order chi connectivity index (χ1) is 18.8. The maximum atomic E-state index is 13.8. The van der Waals surface area contributed by atoms with E-state index in [1.807, 2.05) is 49.4 Å². The van der Waals surface area contributed by atoms with E-state index in [4.69, 9.17) is 0 Å². The molecule has 39 heavy (non-hydrogen) atoms. The second-order valence-electron chi connectivity index (χ2n) is 9.48. The largest absolute Gasteiger partial charge is 0.325 e. The standard InChI is InChI=1S/C29H22FN3O4S2/c1-16-7-11-19(12-8-16)31-21(34)15-32-28-25(39-29(32)37)22(17-5-3-2-4-6-17)23-24(38-28)27(36)33(26(23)35)20-13-9-18(30)10-14-20/h2-14,22-24H,15H2,1H3,(H,31,34)/t22-,23?,24?/m1/s1. The van der Waals surface area contributed by atoms with Gasteiger partial charge < -0.3 is 5.32 Å². The number of imide groups is 1. The summed E-state index contributed by atoms with van der Waals surface area (Å²) in [6, 6.07) is 21.9. The Morgan fingerprint density at radius 2 is 1.62 bits per heavy atom. The van der Waals surface area contributed by atoms with Gasteiger partial charge in [0, 0.05) is 16.5 Å². The summed E-state index contributed by atoms with van der Waals surface area (Å²) < 4.78 is 15.0. The molecule has 1 saturated heterocycles. The van der Waals surface area contributed by atoms with Crippen molar-refractivity contribution in [2.24, 2.45) is 5.92 Å². The summed E-state index contributed by atoms with van der Waals surface area (Å²) >= 11 is 2.14. The number of carbonyl (C=O) groups excluding carboxylic acids is 3. The highest BCUT2D eigenvalue weighted by Gasteiger charge is 2.56. The third-order valence-electron chi connectivity index (χ3n) is 6.93. The number of thiazole rings is 1. The zero-order valence-electron chi connectivity index (χ0n) is 20.7. The third kappa shape index (κ3) is 4.49. The number of thioether (sulfide) groups is 1. The predicted octanol–water partition coefficient (Wildman–Crippen LogP) is 4.79. The van der Waals surface area contributed by atoms with Crippen molar-refractivity contribution in [3.05, 3.63) is 110 Å². The Kier molecular flexibility index (Phi) is 6.44. The van der Waals surface area contributed by atoms with Crippen molar-refractivity contribution in [3.63, 3.8) is 0 Å². The van der Waals surface area contributed by atoms with E-state index in [0.29, 0.717) is 21.3 Å². The summed E-state index contributed by atoms with van der Waals surface area (Å²) in [6.07, 6.45) is 0. The molecule has 1 fully saturated rings. The lowest BCUT2D eigenvalue weighted by atomic mass is 9.83. The molecule has 3 heterocycles. The number of aryl methyl sites for hydroxylation is 1. The van der Waals surface area contributed by atoms with E-state index >= 15 is 0 Å². The number of fused-ring (bicyclic) bond motifs is 2. The molecule has 2 aliphatic heterocycles. The molecule has 0 spiro atoms. The highest BCUT2D eigenvalue weighted by molar-refractivity contribution is 8.00. The maximum Gasteiger partial charge on any atom is 0.308 e. The summed E-state index contributed by atoms with van der Waals surface area (Å²) in [6.45, 7) is 1.72. The lowest BCUT2D eigenvalue weighted by Crippen LogP contribution is -2.33. The van der Waals surface area contributed by atoms with Gasteiger partial charge >= 0.3 is 4.87 Å². The number of nitrogens with zero attached hydrogens (tertiary/aromatic N) is 2. The van der Waals surface area contributed by atoms with Crippen LogP contribution in [0.25, 0.3) is 0 Å². The van der Waals surface area contributed by atoms with Crippen LogP contribution in [-0.4, -0.2) is 27.5 Å². The van der Waals surface area contributed by atoms with Crippen LogP contribution >= 0.6 is 23.1 Å². The van der Waals surface area contributed by atoms with Crippen LogP contribution in [0.2, 0.25) is 0 Å². The van der Waals surface area contributed by atoms with E-state index < -0.39 is 34.7 Å². The zero-order chi connectivity index (χ0) is 27.3. The molecule has 10 heteroatoms. The van der Waals surface area contributed by atoms with Gasteiger partial charge in [-0.25, -0.2) is 9.29 Å². The molecular formula is C29H22FN3O4S2. The van der Waals surface area contributed by atoms with Crippen LogP contribution in [0.4, 0.5) is 15.8 Å². The number of halogens is 1. The highest BCUT2D eigenvalue weighted by atomic mass is 32.2. The van der Waals surface area contributed by atoms with E-state index in [2.05, 4.69) is 5.32 Å². The topological polar surface area (TPSA) is 88.5 Å². The molecule has 1 aromatic heterocycles. The quantitative estimate of drug-likeness (QED) is 0.355. The van der Waals surface area contributed by atoms with Crippen LogP contribution in [0.3, 0.4) is 0 Å². The molecule has 0 saturated carbocycles. The number of hydrogen-bond acceptors (Lipinski definition) is 6. The van der Waals surface area contributed by atoms with Crippen LogP contribution in [0.5, 0.6) is 0 Å². The van der Waals surface area contributed by atoms with Gasteiger partial charge in [-0.2, -0.15) is 0 Å². The second-order valence-corrected chi connectivity index (χ2v) is 11.6. The minimum atomic E-state index is -0.805. The molecule has 4 aromatic rings. The van der Waals surface area contributed by atoms with E-state index in [0.717, 1.165) is 39.1 Å². The van der Waals surface area contributed by atoms with E-state index in [1.54, 1.807) is 12.1 Å². The van der Waals surface area contributed by atoms with Gasteiger partial charge in [0.25, 0.3) is 0 Å². The highest BCUT2D eigenvalue weighted by Crippen LogP contribution is 2.53. The van der Waals surface area contributed by atoms with Crippen molar-refractivity contribution < 1.29 is 18.8 Å². The summed E-state index contributed by atoms with van der Waals surface area (Å²) in [5.41, 5.74) is 2.77. The number of nitrogens with one attached hydrogen (secondary N) is 1. The molecule has 3 aromatic carbocycles. The third-order valence-corrected chi connectivity index (χ3v) is 9.53. The fourth-order valence-corrected chi connectivity index (χ4v) is 7.87. The predicted molar refractivity (Wildman–Crippen MR) is 149 cm³/mol. The molecule has 3 atom stereocenters. The van der Waals surface area contributed by atoms with Crippen molar-refractivity contribution >= 4 is 52.2 Å². The van der Waals surface area contributed by atoms with Crippen LogP contribution in [0, 0.1) is 18.7 Å². The van der Waals surface area contributed by atoms with Gasteiger partial charge in [0.15, 0.2) is 0 Å². The van der Waals surface area contributed by atoms with Crippen molar-refractivity contribution in [2.75, 3.05) is 10.2 Å². The number of benzene rings is 3. The molecule has 0 aliphatic carbocycles. The Balaban J connectivity index is 1.39. The van der Waals surface area contributed by atoms with E-state index in [9.17, 15) is 23.6 Å². The van der Waals surface area contributed by atoms with Crippen LogP contribution in [-0.2, 0) is 20.9 Å². The average Bonchev–Trinajstić information content (AvgIpc) is 3.37. The van der Waals surface area contributed by atoms with Crippen molar-refractivity contribution in [3.8, 4) is 0 Å². The summed E-state index contributed by atoms with van der Waals surface area (Å²) in [5.74, 6) is -2.97. The van der Waals surface area contributed by atoms with Gasteiger partial charge in [-0.15, -0.1) is 0 Å². The average molecular weight is 560 g/mol. The number of carbonyl (C=O) groups is 3. The zero-order valence-corrected chi connectivity index (χ0v) is 22.3. The first kappa shape index (κ1) is 25.3. The molecule has 2 aliphatic rings. The molecule has 0 bridgehead atoms. The number of rotatable bonds is 5. The normalized spacial score (nSPS) is 20.1.